The molecular weight excluding hydrogens is 383 g/mol. The molecule has 1 saturated heterocycles. The van der Waals surface area contributed by atoms with Gasteiger partial charge in [0.1, 0.15) is 30.7 Å². The zero-order valence-electron chi connectivity index (χ0n) is 16.8. The van der Waals surface area contributed by atoms with Crippen LogP contribution in [-0.2, 0) is 9.53 Å². The molecule has 0 bridgehead atoms. The first kappa shape index (κ1) is 20.3. The van der Waals surface area contributed by atoms with Crippen molar-refractivity contribution in [1.29, 1.82) is 0 Å². The van der Waals surface area contributed by atoms with E-state index in [0.29, 0.717) is 25.5 Å². The van der Waals surface area contributed by atoms with Crippen LogP contribution in [0.3, 0.4) is 0 Å². The molecular formula is C24H26FN2O3+. The molecule has 4 rings (SSSR count). The molecule has 156 valence electrons. The molecule has 3 aromatic rings. The van der Waals surface area contributed by atoms with Crippen molar-refractivity contribution >= 4 is 16.7 Å². The minimum atomic E-state index is -0.262. The van der Waals surface area contributed by atoms with Crippen molar-refractivity contribution < 1.29 is 23.6 Å². The van der Waals surface area contributed by atoms with E-state index in [4.69, 9.17) is 9.47 Å². The van der Waals surface area contributed by atoms with E-state index in [1.165, 1.54) is 17.0 Å². The molecule has 1 fully saturated rings. The van der Waals surface area contributed by atoms with Crippen LogP contribution in [0.1, 0.15) is 11.6 Å². The van der Waals surface area contributed by atoms with E-state index in [2.05, 4.69) is 5.32 Å². The average molecular weight is 409 g/mol. The van der Waals surface area contributed by atoms with Gasteiger partial charge in [-0.2, -0.15) is 0 Å². The van der Waals surface area contributed by atoms with E-state index in [1.807, 2.05) is 42.5 Å². The Kier molecular flexibility index (Phi) is 6.57. The highest BCUT2D eigenvalue weighted by Gasteiger charge is 2.27. The molecule has 0 saturated carbocycles. The number of carbonyl (C=O) groups is 1. The maximum absolute atomic E-state index is 13.4. The molecule has 3 aromatic carbocycles. The number of carbonyl (C=O) groups excluding carboxylic acids is 1. The fourth-order valence-electron chi connectivity index (χ4n) is 3.85. The molecule has 6 heteroatoms. The lowest BCUT2D eigenvalue weighted by molar-refractivity contribution is -0.937. The minimum absolute atomic E-state index is 0.0409. The number of hydrogen-bond donors (Lipinski definition) is 2. The molecule has 0 spiro atoms. The number of nitrogens with one attached hydrogen (secondary N) is 2. The highest BCUT2D eigenvalue weighted by Crippen LogP contribution is 2.20. The van der Waals surface area contributed by atoms with Crippen molar-refractivity contribution in [3.63, 3.8) is 0 Å². The van der Waals surface area contributed by atoms with E-state index >= 15 is 0 Å². The van der Waals surface area contributed by atoms with E-state index in [9.17, 15) is 9.18 Å². The van der Waals surface area contributed by atoms with Crippen LogP contribution in [0.4, 0.5) is 4.39 Å². The van der Waals surface area contributed by atoms with E-state index in [1.54, 1.807) is 12.1 Å². The predicted molar refractivity (Wildman–Crippen MR) is 113 cm³/mol. The van der Waals surface area contributed by atoms with Crippen molar-refractivity contribution in [2.45, 2.75) is 6.04 Å². The van der Waals surface area contributed by atoms with Gasteiger partial charge >= 0.3 is 0 Å². The number of amides is 1. The smallest absolute Gasteiger partial charge is 0.258 e. The third kappa shape index (κ3) is 5.14. The van der Waals surface area contributed by atoms with E-state index in [0.717, 1.165) is 29.4 Å². The van der Waals surface area contributed by atoms with Crippen molar-refractivity contribution in [3.05, 3.63) is 78.1 Å². The highest BCUT2D eigenvalue weighted by molar-refractivity contribution is 5.84. The van der Waals surface area contributed by atoms with Crippen LogP contribution in [0.15, 0.2) is 66.7 Å². The van der Waals surface area contributed by atoms with Crippen LogP contribution in [-0.4, -0.2) is 45.4 Å². The average Bonchev–Trinajstić information content (AvgIpc) is 2.79. The van der Waals surface area contributed by atoms with Crippen molar-refractivity contribution in [3.8, 4) is 5.75 Å². The fraction of sp³-hybridized carbons (Fsp3) is 0.292. The van der Waals surface area contributed by atoms with Gasteiger partial charge in [-0.15, -0.1) is 0 Å². The van der Waals surface area contributed by atoms with Crippen LogP contribution in [0, 0.1) is 5.82 Å². The Morgan fingerprint density at radius 2 is 1.77 bits per heavy atom. The summed E-state index contributed by atoms with van der Waals surface area (Å²) in [6.45, 7) is 3.49. The van der Waals surface area contributed by atoms with Gasteiger partial charge in [-0.25, -0.2) is 4.39 Å². The standard InChI is InChI=1S/C24H25FN2O3/c25-21-8-5-19(6-9-21)23(27-11-13-29-14-12-27)16-26-24(28)17-30-22-10-7-18-3-1-2-4-20(18)15-22/h1-10,15,23H,11-14,16-17H2,(H,26,28)/p+1/t23-/m0/s1. The quantitative estimate of drug-likeness (QED) is 0.629. The van der Waals surface area contributed by atoms with Gasteiger partial charge < -0.3 is 19.7 Å². The summed E-state index contributed by atoms with van der Waals surface area (Å²) in [5.74, 6) is 0.225. The lowest BCUT2D eigenvalue weighted by atomic mass is 10.0. The zero-order valence-corrected chi connectivity index (χ0v) is 16.8. The summed E-state index contributed by atoms with van der Waals surface area (Å²) in [7, 11) is 0. The fourth-order valence-corrected chi connectivity index (χ4v) is 3.85. The van der Waals surface area contributed by atoms with Crippen LogP contribution >= 0.6 is 0 Å². The number of hydrogen-bond acceptors (Lipinski definition) is 3. The Hall–Kier alpha value is -2.96. The number of halogens is 1. The van der Waals surface area contributed by atoms with Gasteiger partial charge in [-0.05, 0) is 35.0 Å². The molecule has 0 radical (unpaired) electrons. The number of ether oxygens (including phenoxy) is 2. The first-order chi connectivity index (χ1) is 14.7. The lowest BCUT2D eigenvalue weighted by Crippen LogP contribution is -3.15. The Morgan fingerprint density at radius 3 is 2.53 bits per heavy atom. The summed E-state index contributed by atoms with van der Waals surface area (Å²) in [5, 5.41) is 5.18. The van der Waals surface area contributed by atoms with Crippen molar-refractivity contribution in [2.24, 2.45) is 0 Å². The normalized spacial score (nSPS) is 15.6. The predicted octanol–water partition coefficient (Wildman–Crippen LogP) is 2.13. The summed E-state index contributed by atoms with van der Waals surface area (Å²) in [6.07, 6.45) is 0. The van der Waals surface area contributed by atoms with Crippen LogP contribution in [0.5, 0.6) is 5.75 Å². The van der Waals surface area contributed by atoms with E-state index < -0.39 is 0 Å². The largest absolute Gasteiger partial charge is 0.484 e. The van der Waals surface area contributed by atoms with Crippen LogP contribution in [0.25, 0.3) is 10.8 Å². The van der Waals surface area contributed by atoms with Gasteiger partial charge in [0.05, 0.1) is 19.8 Å². The monoisotopic (exact) mass is 409 g/mol. The molecule has 2 N–H and O–H groups in total. The van der Waals surface area contributed by atoms with Gasteiger partial charge in [-0.3, -0.25) is 4.79 Å². The molecule has 30 heavy (non-hydrogen) atoms. The van der Waals surface area contributed by atoms with Crippen molar-refractivity contribution in [1.82, 2.24) is 5.32 Å². The van der Waals surface area contributed by atoms with Gasteiger partial charge in [0.25, 0.3) is 5.91 Å². The SMILES string of the molecule is O=C(COc1ccc2ccccc2c1)NC[C@@H](c1ccc(F)cc1)[NH+]1CCOCC1. The summed E-state index contributed by atoms with van der Waals surface area (Å²) in [4.78, 5) is 13.7. The zero-order chi connectivity index (χ0) is 20.8. The molecule has 5 nitrogen and oxygen atoms in total. The molecule has 0 unspecified atom stereocenters. The summed E-state index contributed by atoms with van der Waals surface area (Å²) in [6, 6.07) is 20.4. The van der Waals surface area contributed by atoms with Gasteiger partial charge in [-0.1, -0.05) is 42.5 Å². The molecule has 1 heterocycles. The summed E-state index contributed by atoms with van der Waals surface area (Å²) >= 11 is 0. The van der Waals surface area contributed by atoms with Crippen LogP contribution < -0.4 is 15.0 Å². The molecule has 1 aliphatic heterocycles. The number of rotatable bonds is 7. The lowest BCUT2D eigenvalue weighted by Gasteiger charge is -2.32. The topological polar surface area (TPSA) is 52.0 Å². The van der Waals surface area contributed by atoms with E-state index in [-0.39, 0.29) is 24.4 Å². The third-order valence-electron chi connectivity index (χ3n) is 5.49. The number of morpholine rings is 1. The Morgan fingerprint density at radius 1 is 1.03 bits per heavy atom. The first-order valence-electron chi connectivity index (χ1n) is 10.2. The highest BCUT2D eigenvalue weighted by atomic mass is 19.1. The van der Waals surface area contributed by atoms with Gasteiger partial charge in [0.15, 0.2) is 6.61 Å². The minimum Gasteiger partial charge on any atom is -0.484 e. The van der Waals surface area contributed by atoms with Gasteiger partial charge in [0, 0.05) is 5.56 Å². The second-order valence-electron chi connectivity index (χ2n) is 7.48. The summed E-state index contributed by atoms with van der Waals surface area (Å²) < 4.78 is 24.5. The number of fused-ring (bicyclic) bond motifs is 1. The van der Waals surface area contributed by atoms with Gasteiger partial charge in [0.2, 0.25) is 0 Å². The second kappa shape index (κ2) is 9.69. The third-order valence-corrected chi connectivity index (χ3v) is 5.49. The Balaban J connectivity index is 1.36. The van der Waals surface area contributed by atoms with Crippen LogP contribution in [0.2, 0.25) is 0 Å². The Labute approximate surface area is 175 Å². The number of benzene rings is 3. The molecule has 0 aliphatic carbocycles. The second-order valence-corrected chi connectivity index (χ2v) is 7.48. The molecule has 1 aliphatic rings. The molecule has 0 aromatic heterocycles. The number of quaternary nitrogens is 1. The van der Waals surface area contributed by atoms with Crippen molar-refractivity contribution in [2.75, 3.05) is 39.5 Å². The first-order valence-corrected chi connectivity index (χ1v) is 10.2. The summed E-state index contributed by atoms with van der Waals surface area (Å²) in [5.41, 5.74) is 1.00. The maximum atomic E-state index is 13.4. The maximum Gasteiger partial charge on any atom is 0.258 e. The Bertz CT molecular complexity index is 987. The molecule has 1 atom stereocenters. The molecule has 1 amide bonds.